The normalized spacial score (nSPS) is 11.4. The van der Waals surface area contributed by atoms with Gasteiger partial charge in [-0.05, 0) is 41.2 Å². The molecule has 2 aromatic heterocycles. The van der Waals surface area contributed by atoms with Crippen LogP contribution in [0.15, 0.2) is 77.3 Å². The first-order valence-electron chi connectivity index (χ1n) is 10.9. The number of aryl methyl sites for hydroxylation is 2. The lowest BCUT2D eigenvalue weighted by atomic mass is 9.94. The molecule has 156 valence electrons. The molecule has 3 aromatic carbocycles. The van der Waals surface area contributed by atoms with Gasteiger partial charge in [-0.15, -0.1) is 0 Å². The molecule has 0 saturated heterocycles. The number of pyridine rings is 1. The molecule has 0 saturated carbocycles. The van der Waals surface area contributed by atoms with E-state index >= 15 is 0 Å². The number of nitrogens with zero attached hydrogens (tertiary/aromatic N) is 2. The number of fused-ring (bicyclic) bond motifs is 3. The Morgan fingerprint density at radius 3 is 2.38 bits per heavy atom. The van der Waals surface area contributed by atoms with Crippen LogP contribution in [0, 0.1) is 13.5 Å². The van der Waals surface area contributed by atoms with Crippen LogP contribution in [0.4, 0.5) is 5.69 Å². The zero-order chi connectivity index (χ0) is 22.4. The average molecular weight is 418 g/mol. The Morgan fingerprint density at radius 1 is 0.906 bits per heavy atom. The van der Waals surface area contributed by atoms with Crippen molar-refractivity contribution >= 4 is 27.6 Å². The van der Waals surface area contributed by atoms with Gasteiger partial charge in [-0.1, -0.05) is 62.4 Å². The second-order valence-corrected chi connectivity index (χ2v) is 8.66. The fraction of sp³-hybridized carbons (Fsp3) is 0.172. The van der Waals surface area contributed by atoms with Crippen LogP contribution in [0.25, 0.3) is 49.2 Å². The highest BCUT2D eigenvalue weighted by atomic mass is 16.3. The zero-order valence-corrected chi connectivity index (χ0v) is 18.8. The molecule has 0 aliphatic heterocycles. The van der Waals surface area contributed by atoms with Crippen molar-refractivity contribution in [3.05, 3.63) is 95.5 Å². The number of benzene rings is 3. The molecule has 0 radical (unpaired) electrons. The van der Waals surface area contributed by atoms with E-state index in [0.29, 0.717) is 17.2 Å². The summed E-state index contributed by atoms with van der Waals surface area (Å²) in [4.78, 5) is 3.76. The fourth-order valence-electron chi connectivity index (χ4n) is 4.51. The van der Waals surface area contributed by atoms with Crippen LogP contribution >= 0.6 is 0 Å². The van der Waals surface area contributed by atoms with Crippen molar-refractivity contribution in [3.63, 3.8) is 0 Å². The van der Waals surface area contributed by atoms with Gasteiger partial charge in [-0.3, -0.25) is 0 Å². The first kappa shape index (κ1) is 20.0. The third-order valence-electron chi connectivity index (χ3n) is 6.30. The van der Waals surface area contributed by atoms with E-state index in [1.807, 2.05) is 31.4 Å². The summed E-state index contributed by atoms with van der Waals surface area (Å²) in [6, 6.07) is 23.1. The lowest BCUT2D eigenvalue weighted by Gasteiger charge is -2.09. The molecule has 3 heteroatoms. The molecule has 0 aliphatic rings. The quantitative estimate of drug-likeness (QED) is 0.217. The van der Waals surface area contributed by atoms with Gasteiger partial charge in [0.2, 0.25) is 11.4 Å². The second kappa shape index (κ2) is 7.66. The number of aromatic nitrogens is 1. The largest absolute Gasteiger partial charge is 0.466 e. The SMILES string of the molecule is [C-]#[N+]c1ccc(-c2ccc(C(C)C)cc2)c2c1oc1c(-c3cccc[n+]3C)c(C)ccc12. The molecule has 0 fully saturated rings. The molecule has 32 heavy (non-hydrogen) atoms. The van der Waals surface area contributed by atoms with Gasteiger partial charge in [0.15, 0.2) is 6.20 Å². The molecular formula is C29H25N2O+. The van der Waals surface area contributed by atoms with Gasteiger partial charge in [-0.25, -0.2) is 9.41 Å². The van der Waals surface area contributed by atoms with E-state index in [9.17, 15) is 0 Å². The summed E-state index contributed by atoms with van der Waals surface area (Å²) >= 11 is 0. The predicted molar refractivity (Wildman–Crippen MR) is 131 cm³/mol. The molecule has 0 unspecified atom stereocenters. The Bertz CT molecular complexity index is 1520. The molecule has 0 amide bonds. The summed E-state index contributed by atoms with van der Waals surface area (Å²) in [5.41, 5.74) is 8.86. The van der Waals surface area contributed by atoms with Gasteiger partial charge in [0, 0.05) is 22.9 Å². The van der Waals surface area contributed by atoms with Crippen LogP contribution in [0.2, 0.25) is 0 Å². The molecule has 5 rings (SSSR count). The molecule has 2 heterocycles. The molecule has 5 aromatic rings. The van der Waals surface area contributed by atoms with Crippen molar-refractivity contribution in [3.8, 4) is 22.4 Å². The molecule has 0 N–H and O–H groups in total. The van der Waals surface area contributed by atoms with E-state index in [4.69, 9.17) is 11.0 Å². The van der Waals surface area contributed by atoms with Crippen molar-refractivity contribution in [2.45, 2.75) is 26.7 Å². The summed E-state index contributed by atoms with van der Waals surface area (Å²) in [6.07, 6.45) is 2.04. The van der Waals surface area contributed by atoms with Crippen molar-refractivity contribution in [2.24, 2.45) is 7.05 Å². The summed E-state index contributed by atoms with van der Waals surface area (Å²) in [7, 11) is 2.04. The highest BCUT2D eigenvalue weighted by Crippen LogP contribution is 2.44. The summed E-state index contributed by atoms with van der Waals surface area (Å²) in [6.45, 7) is 14.2. The molecule has 0 spiro atoms. The van der Waals surface area contributed by atoms with Gasteiger partial charge in [0.05, 0.1) is 12.1 Å². The molecule has 0 bridgehead atoms. The van der Waals surface area contributed by atoms with Crippen LogP contribution in [-0.2, 0) is 7.05 Å². The second-order valence-electron chi connectivity index (χ2n) is 8.66. The number of hydrogen-bond donors (Lipinski definition) is 0. The van der Waals surface area contributed by atoms with Crippen LogP contribution in [0.5, 0.6) is 0 Å². The summed E-state index contributed by atoms with van der Waals surface area (Å²) < 4.78 is 8.60. The van der Waals surface area contributed by atoms with E-state index in [1.54, 1.807) is 0 Å². The smallest absolute Gasteiger partial charge is 0.229 e. The Kier molecular flexibility index (Phi) is 4.79. The molecule has 3 nitrogen and oxygen atoms in total. The number of rotatable bonds is 3. The first-order chi connectivity index (χ1) is 15.5. The van der Waals surface area contributed by atoms with E-state index in [0.717, 1.165) is 44.3 Å². The Hall–Kier alpha value is -3.90. The minimum Gasteiger partial charge on any atom is -0.466 e. The van der Waals surface area contributed by atoms with Gasteiger partial charge in [0.25, 0.3) is 0 Å². The standard InChI is InChI=1S/C29H25N2O/c1-18(2)20-10-12-21(13-11-20)22-15-16-24(30-4)29-27(22)23-14-9-19(3)26(28(23)32-29)25-8-6-7-17-31(25)5/h6-18H,1-3,5H3/q+1. The number of furan rings is 1. The zero-order valence-electron chi connectivity index (χ0n) is 18.8. The predicted octanol–water partition coefficient (Wildman–Crippen LogP) is 7.73. The van der Waals surface area contributed by atoms with E-state index < -0.39 is 0 Å². The minimum atomic E-state index is 0.487. The first-order valence-corrected chi connectivity index (χ1v) is 10.9. The van der Waals surface area contributed by atoms with Crippen molar-refractivity contribution in [1.82, 2.24) is 0 Å². The molecule has 0 atom stereocenters. The maximum Gasteiger partial charge on any atom is 0.229 e. The lowest BCUT2D eigenvalue weighted by molar-refractivity contribution is -0.660. The summed E-state index contributed by atoms with van der Waals surface area (Å²) in [5.74, 6) is 0.487. The van der Waals surface area contributed by atoms with Crippen molar-refractivity contribution in [1.29, 1.82) is 0 Å². The van der Waals surface area contributed by atoms with Gasteiger partial charge in [0.1, 0.15) is 18.2 Å². The van der Waals surface area contributed by atoms with E-state index in [1.165, 1.54) is 5.56 Å². The van der Waals surface area contributed by atoms with Gasteiger partial charge >= 0.3 is 0 Å². The third kappa shape index (κ3) is 3.08. The number of hydrogen-bond acceptors (Lipinski definition) is 1. The Labute approximate surface area is 188 Å². The monoisotopic (exact) mass is 417 g/mol. The lowest BCUT2D eigenvalue weighted by Crippen LogP contribution is -2.30. The maximum atomic E-state index is 7.70. The molecule has 0 aliphatic carbocycles. The maximum absolute atomic E-state index is 7.70. The Morgan fingerprint density at radius 2 is 1.69 bits per heavy atom. The highest BCUT2D eigenvalue weighted by Gasteiger charge is 2.23. The van der Waals surface area contributed by atoms with Crippen LogP contribution < -0.4 is 4.57 Å². The molecular weight excluding hydrogens is 392 g/mol. The topological polar surface area (TPSA) is 21.4 Å². The van der Waals surface area contributed by atoms with Crippen LogP contribution in [0.1, 0.15) is 30.9 Å². The van der Waals surface area contributed by atoms with Crippen LogP contribution in [0.3, 0.4) is 0 Å². The highest BCUT2D eigenvalue weighted by molar-refractivity contribution is 6.18. The van der Waals surface area contributed by atoms with E-state index in [2.05, 4.69) is 78.7 Å². The van der Waals surface area contributed by atoms with Crippen LogP contribution in [-0.4, -0.2) is 0 Å². The van der Waals surface area contributed by atoms with E-state index in [-0.39, 0.29) is 0 Å². The fourth-order valence-corrected chi connectivity index (χ4v) is 4.51. The van der Waals surface area contributed by atoms with Gasteiger partial charge in [-0.2, -0.15) is 0 Å². The minimum absolute atomic E-state index is 0.487. The third-order valence-corrected chi connectivity index (χ3v) is 6.30. The van der Waals surface area contributed by atoms with Gasteiger partial charge < -0.3 is 4.42 Å². The average Bonchev–Trinajstić information content (AvgIpc) is 3.19. The summed E-state index contributed by atoms with van der Waals surface area (Å²) in [5, 5.41) is 2.04. The van der Waals surface area contributed by atoms with Crippen molar-refractivity contribution in [2.75, 3.05) is 0 Å². The Balaban J connectivity index is 1.87. The van der Waals surface area contributed by atoms with Crippen molar-refractivity contribution < 1.29 is 8.98 Å².